The van der Waals surface area contributed by atoms with E-state index in [-0.39, 0.29) is 18.3 Å². The number of hydrogen-bond donors (Lipinski definition) is 3. The van der Waals surface area contributed by atoms with Gasteiger partial charge in [-0.2, -0.15) is 5.10 Å². The lowest BCUT2D eigenvalue weighted by Gasteiger charge is -2.07. The molecule has 0 radical (unpaired) electrons. The lowest BCUT2D eigenvalue weighted by Crippen LogP contribution is -2.14. The van der Waals surface area contributed by atoms with Crippen LogP contribution in [0.1, 0.15) is 28.5 Å². The molecule has 0 bridgehead atoms. The van der Waals surface area contributed by atoms with E-state index in [1.807, 2.05) is 31.2 Å². The predicted molar refractivity (Wildman–Crippen MR) is 82.3 cm³/mol. The van der Waals surface area contributed by atoms with E-state index in [4.69, 9.17) is 0 Å². The third kappa shape index (κ3) is 4.08. The van der Waals surface area contributed by atoms with Crippen LogP contribution in [0.5, 0.6) is 0 Å². The molecule has 0 saturated carbocycles. The van der Waals surface area contributed by atoms with E-state index in [2.05, 4.69) is 27.8 Å². The van der Waals surface area contributed by atoms with Crippen molar-refractivity contribution in [2.75, 3.05) is 11.9 Å². The maximum atomic E-state index is 12.0. The minimum Gasteiger partial charge on any atom is -0.322 e. The molecule has 2 aromatic rings. The Bertz CT molecular complexity index is 568. The fourth-order valence-corrected chi connectivity index (χ4v) is 1.81. The van der Waals surface area contributed by atoms with Crippen LogP contribution >= 0.6 is 12.4 Å². The van der Waals surface area contributed by atoms with Crippen LogP contribution in [0, 0.1) is 6.92 Å². The summed E-state index contributed by atoms with van der Waals surface area (Å²) < 4.78 is 0. The van der Waals surface area contributed by atoms with Crippen molar-refractivity contribution >= 4 is 24.0 Å². The highest BCUT2D eigenvalue weighted by Crippen LogP contribution is 2.13. The molecular formula is C14H19ClN4O. The number of amides is 1. The highest BCUT2D eigenvalue weighted by molar-refractivity contribution is 6.04. The van der Waals surface area contributed by atoms with Gasteiger partial charge in [0.05, 0.1) is 11.8 Å². The monoisotopic (exact) mass is 294 g/mol. The molecule has 0 aliphatic heterocycles. The van der Waals surface area contributed by atoms with Gasteiger partial charge in [0.2, 0.25) is 0 Å². The van der Waals surface area contributed by atoms with E-state index in [0.29, 0.717) is 5.56 Å². The molecule has 0 fully saturated rings. The molecule has 0 atom stereocenters. The summed E-state index contributed by atoms with van der Waals surface area (Å²) in [6, 6.07) is 7.81. The van der Waals surface area contributed by atoms with Crippen LogP contribution < -0.4 is 10.6 Å². The van der Waals surface area contributed by atoms with Gasteiger partial charge in [-0.25, -0.2) is 0 Å². The summed E-state index contributed by atoms with van der Waals surface area (Å²) in [5, 5.41) is 12.7. The average Bonchev–Trinajstić information content (AvgIpc) is 2.83. The summed E-state index contributed by atoms with van der Waals surface area (Å²) in [5.74, 6) is -0.146. The molecule has 1 aromatic carbocycles. The molecule has 1 heterocycles. The highest BCUT2D eigenvalue weighted by Gasteiger charge is 2.10. The molecule has 0 spiro atoms. The summed E-state index contributed by atoms with van der Waals surface area (Å²) in [5.41, 5.74) is 3.27. The first-order valence-electron chi connectivity index (χ1n) is 6.31. The quantitative estimate of drug-likeness (QED) is 0.793. The largest absolute Gasteiger partial charge is 0.322 e. The summed E-state index contributed by atoms with van der Waals surface area (Å²) in [7, 11) is 0. The van der Waals surface area contributed by atoms with Crippen molar-refractivity contribution in [3.05, 3.63) is 47.3 Å². The molecule has 20 heavy (non-hydrogen) atoms. The molecule has 3 N–H and O–H groups in total. The fourth-order valence-electron chi connectivity index (χ4n) is 1.81. The number of carbonyl (C=O) groups excluding carboxylic acids is 1. The SMILES string of the molecule is CCNCc1cccc(NC(=O)c2cn[nH]c2C)c1.Cl. The Kier molecular flexibility index (Phi) is 6.21. The predicted octanol–water partition coefficient (Wildman–Crippen LogP) is 2.50. The summed E-state index contributed by atoms with van der Waals surface area (Å²) >= 11 is 0. The second-order valence-electron chi connectivity index (χ2n) is 4.34. The molecule has 108 valence electrons. The van der Waals surface area contributed by atoms with E-state index in [1.54, 1.807) is 0 Å². The van der Waals surface area contributed by atoms with Crippen LogP contribution in [0.2, 0.25) is 0 Å². The van der Waals surface area contributed by atoms with Gasteiger partial charge in [-0.15, -0.1) is 12.4 Å². The number of anilines is 1. The standard InChI is InChI=1S/C14H18N4O.ClH/c1-3-15-8-11-5-4-6-12(7-11)17-14(19)13-9-16-18-10(13)2;/h4-7,9,15H,3,8H2,1-2H3,(H,16,18)(H,17,19);1H. The van der Waals surface area contributed by atoms with Gasteiger partial charge in [0, 0.05) is 17.9 Å². The van der Waals surface area contributed by atoms with Crippen LogP contribution in [-0.4, -0.2) is 22.6 Å². The Balaban J connectivity index is 0.00000200. The van der Waals surface area contributed by atoms with Gasteiger partial charge in [-0.1, -0.05) is 19.1 Å². The van der Waals surface area contributed by atoms with Crippen molar-refractivity contribution in [3.8, 4) is 0 Å². The van der Waals surface area contributed by atoms with Crippen LogP contribution in [0.25, 0.3) is 0 Å². The maximum Gasteiger partial charge on any atom is 0.259 e. The Morgan fingerprint density at radius 1 is 1.40 bits per heavy atom. The van der Waals surface area contributed by atoms with Gasteiger partial charge in [0.25, 0.3) is 5.91 Å². The second-order valence-corrected chi connectivity index (χ2v) is 4.34. The van der Waals surface area contributed by atoms with Crippen LogP contribution in [-0.2, 0) is 6.54 Å². The van der Waals surface area contributed by atoms with Crippen molar-refractivity contribution in [2.24, 2.45) is 0 Å². The summed E-state index contributed by atoms with van der Waals surface area (Å²) in [6.07, 6.45) is 1.53. The van der Waals surface area contributed by atoms with Gasteiger partial charge in [0.1, 0.15) is 0 Å². The van der Waals surface area contributed by atoms with Gasteiger partial charge in [0.15, 0.2) is 0 Å². The van der Waals surface area contributed by atoms with Crippen molar-refractivity contribution in [2.45, 2.75) is 20.4 Å². The number of carbonyl (C=O) groups is 1. The number of rotatable bonds is 5. The zero-order valence-corrected chi connectivity index (χ0v) is 12.4. The van der Waals surface area contributed by atoms with Crippen LogP contribution in [0.4, 0.5) is 5.69 Å². The molecule has 2 rings (SSSR count). The van der Waals surface area contributed by atoms with Gasteiger partial charge < -0.3 is 10.6 Å². The Morgan fingerprint density at radius 2 is 2.20 bits per heavy atom. The lowest BCUT2D eigenvalue weighted by atomic mass is 10.2. The van der Waals surface area contributed by atoms with Crippen molar-refractivity contribution < 1.29 is 4.79 Å². The smallest absolute Gasteiger partial charge is 0.259 e. The number of hydrogen-bond acceptors (Lipinski definition) is 3. The van der Waals surface area contributed by atoms with Gasteiger partial charge >= 0.3 is 0 Å². The Labute approximate surface area is 124 Å². The third-order valence-electron chi connectivity index (χ3n) is 2.84. The minimum atomic E-state index is -0.146. The number of benzene rings is 1. The molecule has 0 aliphatic carbocycles. The molecule has 0 saturated heterocycles. The van der Waals surface area contributed by atoms with E-state index >= 15 is 0 Å². The number of nitrogens with one attached hydrogen (secondary N) is 3. The number of aromatic amines is 1. The molecule has 5 nitrogen and oxygen atoms in total. The zero-order chi connectivity index (χ0) is 13.7. The first-order chi connectivity index (χ1) is 9.20. The van der Waals surface area contributed by atoms with Crippen LogP contribution in [0.15, 0.2) is 30.5 Å². The average molecular weight is 295 g/mol. The van der Waals surface area contributed by atoms with E-state index in [9.17, 15) is 4.79 Å². The molecule has 1 aromatic heterocycles. The first-order valence-corrected chi connectivity index (χ1v) is 6.31. The number of halogens is 1. The number of nitrogens with zero attached hydrogens (tertiary/aromatic N) is 1. The van der Waals surface area contributed by atoms with E-state index in [1.165, 1.54) is 6.20 Å². The van der Waals surface area contributed by atoms with Crippen LogP contribution in [0.3, 0.4) is 0 Å². The van der Waals surface area contributed by atoms with Gasteiger partial charge in [-0.05, 0) is 31.2 Å². The molecule has 0 aliphatic rings. The van der Waals surface area contributed by atoms with E-state index in [0.717, 1.165) is 30.0 Å². The van der Waals surface area contributed by atoms with Gasteiger partial charge in [-0.3, -0.25) is 9.89 Å². The third-order valence-corrected chi connectivity index (χ3v) is 2.84. The topological polar surface area (TPSA) is 69.8 Å². The zero-order valence-electron chi connectivity index (χ0n) is 11.6. The fraction of sp³-hybridized carbons (Fsp3) is 0.286. The van der Waals surface area contributed by atoms with Crippen molar-refractivity contribution in [3.63, 3.8) is 0 Å². The normalized spacial score (nSPS) is 9.90. The van der Waals surface area contributed by atoms with E-state index < -0.39 is 0 Å². The summed E-state index contributed by atoms with van der Waals surface area (Å²) in [4.78, 5) is 12.0. The molecule has 0 unspecified atom stereocenters. The number of aromatic nitrogens is 2. The molecular weight excluding hydrogens is 276 g/mol. The lowest BCUT2D eigenvalue weighted by molar-refractivity contribution is 0.102. The number of H-pyrrole nitrogens is 1. The Morgan fingerprint density at radius 3 is 2.85 bits per heavy atom. The number of aryl methyl sites for hydroxylation is 1. The molecule has 6 heteroatoms. The van der Waals surface area contributed by atoms with Crippen molar-refractivity contribution in [1.82, 2.24) is 15.5 Å². The second kappa shape index (κ2) is 7.67. The molecule has 1 amide bonds. The maximum absolute atomic E-state index is 12.0. The first kappa shape index (κ1) is 16.2. The highest BCUT2D eigenvalue weighted by atomic mass is 35.5. The minimum absolute atomic E-state index is 0. The summed E-state index contributed by atoms with van der Waals surface area (Å²) in [6.45, 7) is 5.60. The van der Waals surface area contributed by atoms with Crippen molar-refractivity contribution in [1.29, 1.82) is 0 Å². The Hall–Kier alpha value is -1.85.